The van der Waals surface area contributed by atoms with Gasteiger partial charge in [-0.15, -0.1) is 0 Å². The van der Waals surface area contributed by atoms with E-state index in [1.807, 2.05) is 18.2 Å². The van der Waals surface area contributed by atoms with Crippen molar-refractivity contribution in [3.63, 3.8) is 0 Å². The Labute approximate surface area is 111 Å². The van der Waals surface area contributed by atoms with Gasteiger partial charge in [-0.25, -0.2) is 8.42 Å². The van der Waals surface area contributed by atoms with Crippen LogP contribution in [0.4, 0.5) is 0 Å². The summed E-state index contributed by atoms with van der Waals surface area (Å²) in [7, 11) is -3.34. The van der Waals surface area contributed by atoms with Gasteiger partial charge in [-0.1, -0.05) is 6.07 Å². The van der Waals surface area contributed by atoms with Crippen LogP contribution in [-0.4, -0.2) is 30.1 Å². The van der Waals surface area contributed by atoms with E-state index in [0.29, 0.717) is 5.52 Å². The number of aromatic nitrogens is 2. The number of rotatable bonds is 3. The van der Waals surface area contributed by atoms with Gasteiger partial charge >= 0.3 is 0 Å². The predicted octanol–water partition coefficient (Wildman–Crippen LogP) is 2.44. The van der Waals surface area contributed by atoms with Crippen LogP contribution in [0.2, 0.25) is 0 Å². The molecule has 0 amide bonds. The molecule has 0 saturated carbocycles. The van der Waals surface area contributed by atoms with Crippen molar-refractivity contribution in [2.45, 2.75) is 18.6 Å². The Bertz CT molecular complexity index is 687. The number of fused-ring (bicyclic) bond motifs is 1. The lowest BCUT2D eigenvalue weighted by molar-refractivity contribution is 0.588. The molecule has 0 saturated heterocycles. The third-order valence-electron chi connectivity index (χ3n) is 3.05. The van der Waals surface area contributed by atoms with E-state index in [9.17, 15) is 8.42 Å². The third-order valence-corrected chi connectivity index (χ3v) is 5.23. The quantitative estimate of drug-likeness (QED) is 0.868. The maximum atomic E-state index is 11.5. The van der Waals surface area contributed by atoms with Crippen LogP contribution in [0.5, 0.6) is 0 Å². The Hall–Kier alpha value is -1.01. The first kappa shape index (κ1) is 13.4. The minimum absolute atomic E-state index is 0.00137. The van der Waals surface area contributed by atoms with Crippen molar-refractivity contribution in [3.05, 3.63) is 30.0 Å². The van der Waals surface area contributed by atoms with Crippen molar-refractivity contribution in [1.29, 1.82) is 0 Å². The normalized spacial score (nSPS) is 13.1. The van der Waals surface area contributed by atoms with E-state index < -0.39 is 10.0 Å². The van der Waals surface area contributed by atoms with Crippen molar-refractivity contribution in [2.24, 2.45) is 0 Å². The first-order valence-corrected chi connectivity index (χ1v) is 8.57. The Morgan fingerprint density at radius 1 is 1.33 bits per heavy atom. The number of thioether (sulfide) groups is 1. The SMILES string of the molecule is CSC(C)(C)c1ccc2c(cnn2S(C)(=O)=O)c1. The van der Waals surface area contributed by atoms with Crippen LogP contribution in [0.15, 0.2) is 24.4 Å². The summed E-state index contributed by atoms with van der Waals surface area (Å²) >= 11 is 1.76. The molecule has 1 aromatic carbocycles. The summed E-state index contributed by atoms with van der Waals surface area (Å²) in [6, 6.07) is 5.78. The summed E-state index contributed by atoms with van der Waals surface area (Å²) in [6.07, 6.45) is 4.81. The maximum Gasteiger partial charge on any atom is 0.251 e. The fourth-order valence-corrected chi connectivity index (χ4v) is 2.87. The van der Waals surface area contributed by atoms with Gasteiger partial charge in [0.2, 0.25) is 0 Å². The predicted molar refractivity (Wildman–Crippen MR) is 76.5 cm³/mol. The number of benzene rings is 1. The summed E-state index contributed by atoms with van der Waals surface area (Å²) < 4.78 is 24.2. The highest BCUT2D eigenvalue weighted by atomic mass is 32.2. The van der Waals surface area contributed by atoms with Crippen molar-refractivity contribution in [2.75, 3.05) is 12.5 Å². The average molecular weight is 284 g/mol. The lowest BCUT2D eigenvalue weighted by Gasteiger charge is -2.22. The maximum absolute atomic E-state index is 11.5. The van der Waals surface area contributed by atoms with Crippen molar-refractivity contribution < 1.29 is 8.42 Å². The topological polar surface area (TPSA) is 52.0 Å². The smallest absolute Gasteiger partial charge is 0.205 e. The number of hydrogen-bond acceptors (Lipinski definition) is 4. The lowest BCUT2D eigenvalue weighted by Crippen LogP contribution is -2.12. The van der Waals surface area contributed by atoms with E-state index in [0.717, 1.165) is 21.3 Å². The molecule has 1 heterocycles. The highest BCUT2D eigenvalue weighted by molar-refractivity contribution is 7.99. The standard InChI is InChI=1S/C12H16N2O2S2/c1-12(2,17-3)10-5-6-11-9(7-10)8-13-14(11)18(4,15)16/h5-8H,1-4H3. The highest BCUT2D eigenvalue weighted by Crippen LogP contribution is 2.35. The zero-order valence-electron chi connectivity index (χ0n) is 10.8. The molecule has 6 heteroatoms. The molecule has 2 aromatic rings. The van der Waals surface area contributed by atoms with Gasteiger partial charge in [0.1, 0.15) is 0 Å². The van der Waals surface area contributed by atoms with Crippen LogP contribution in [0, 0.1) is 0 Å². The lowest BCUT2D eigenvalue weighted by atomic mass is 10.0. The van der Waals surface area contributed by atoms with Crippen molar-refractivity contribution >= 4 is 32.7 Å². The summed E-state index contributed by atoms with van der Waals surface area (Å²) in [4.78, 5) is 0. The molecule has 4 nitrogen and oxygen atoms in total. The van der Waals surface area contributed by atoms with Crippen LogP contribution in [-0.2, 0) is 14.8 Å². The van der Waals surface area contributed by atoms with E-state index in [2.05, 4.69) is 25.2 Å². The van der Waals surface area contributed by atoms with Crippen molar-refractivity contribution in [1.82, 2.24) is 9.19 Å². The zero-order valence-corrected chi connectivity index (χ0v) is 12.5. The van der Waals surface area contributed by atoms with Gasteiger partial charge < -0.3 is 0 Å². The summed E-state index contributed by atoms with van der Waals surface area (Å²) in [5, 5.41) is 4.78. The molecule has 0 fully saturated rings. The molecule has 0 atom stereocenters. The molecule has 0 radical (unpaired) electrons. The zero-order chi connectivity index (χ0) is 13.6. The van der Waals surface area contributed by atoms with Gasteiger partial charge in [0.25, 0.3) is 10.0 Å². The third kappa shape index (κ3) is 2.27. The van der Waals surface area contributed by atoms with Gasteiger partial charge in [0.05, 0.1) is 18.0 Å². The molecular weight excluding hydrogens is 268 g/mol. The molecule has 18 heavy (non-hydrogen) atoms. The van der Waals surface area contributed by atoms with Crippen LogP contribution < -0.4 is 0 Å². The molecule has 1 aromatic heterocycles. The van der Waals surface area contributed by atoms with E-state index in [4.69, 9.17) is 0 Å². The van der Waals surface area contributed by atoms with Gasteiger partial charge in [-0.2, -0.15) is 20.9 Å². The van der Waals surface area contributed by atoms with Gasteiger partial charge in [-0.05, 0) is 37.8 Å². The Morgan fingerprint density at radius 2 is 2.00 bits per heavy atom. The minimum Gasteiger partial charge on any atom is -0.205 e. The van der Waals surface area contributed by atoms with Crippen molar-refractivity contribution in [3.8, 4) is 0 Å². The number of hydrogen-bond donors (Lipinski definition) is 0. The first-order chi connectivity index (χ1) is 8.25. The monoisotopic (exact) mass is 284 g/mol. The van der Waals surface area contributed by atoms with Crippen LogP contribution in [0.1, 0.15) is 19.4 Å². The second kappa shape index (κ2) is 4.28. The summed E-state index contributed by atoms with van der Waals surface area (Å²) in [5.74, 6) is 0. The van der Waals surface area contributed by atoms with E-state index in [1.54, 1.807) is 18.0 Å². The fourth-order valence-electron chi connectivity index (χ4n) is 1.77. The Kier molecular flexibility index (Phi) is 3.19. The van der Waals surface area contributed by atoms with Gasteiger partial charge in [0, 0.05) is 10.1 Å². The second-order valence-electron chi connectivity index (χ2n) is 4.74. The Balaban J connectivity index is 2.64. The minimum atomic E-state index is -3.34. The van der Waals surface area contributed by atoms with Crippen LogP contribution in [0.3, 0.4) is 0 Å². The molecule has 0 bridgehead atoms. The largest absolute Gasteiger partial charge is 0.251 e. The molecule has 0 aliphatic heterocycles. The summed E-state index contributed by atoms with van der Waals surface area (Å²) in [5.41, 5.74) is 1.79. The molecule has 0 aliphatic carbocycles. The number of nitrogens with zero attached hydrogens (tertiary/aromatic N) is 2. The highest BCUT2D eigenvalue weighted by Gasteiger charge is 2.20. The fraction of sp³-hybridized carbons (Fsp3) is 0.417. The Morgan fingerprint density at radius 3 is 2.56 bits per heavy atom. The molecule has 2 rings (SSSR count). The molecule has 0 unspecified atom stereocenters. The van der Waals surface area contributed by atoms with E-state index >= 15 is 0 Å². The van der Waals surface area contributed by atoms with Gasteiger partial charge in [-0.3, -0.25) is 0 Å². The second-order valence-corrected chi connectivity index (χ2v) is 7.98. The molecule has 0 N–H and O–H groups in total. The molecular formula is C12H16N2O2S2. The molecule has 0 spiro atoms. The van der Waals surface area contributed by atoms with Gasteiger partial charge in [0.15, 0.2) is 0 Å². The average Bonchev–Trinajstić information content (AvgIpc) is 2.71. The van der Waals surface area contributed by atoms with E-state index in [-0.39, 0.29) is 4.75 Å². The molecule has 0 aliphatic rings. The molecule has 98 valence electrons. The van der Waals surface area contributed by atoms with Crippen LogP contribution >= 0.6 is 11.8 Å². The van der Waals surface area contributed by atoms with Crippen LogP contribution in [0.25, 0.3) is 10.9 Å². The summed E-state index contributed by atoms with van der Waals surface area (Å²) in [6.45, 7) is 4.28. The first-order valence-electron chi connectivity index (χ1n) is 5.50. The van der Waals surface area contributed by atoms with E-state index in [1.165, 1.54) is 0 Å².